The molecular formula is C30H22Cl2N2O4. The highest BCUT2D eigenvalue weighted by atomic mass is 35.5. The zero-order valence-corrected chi connectivity index (χ0v) is 22.1. The lowest BCUT2D eigenvalue weighted by molar-refractivity contribution is -0.121. The third kappa shape index (κ3) is 3.97. The van der Waals surface area contributed by atoms with Crippen molar-refractivity contribution in [1.82, 2.24) is 0 Å². The summed E-state index contributed by atoms with van der Waals surface area (Å²) in [7, 11) is 3.47. The van der Waals surface area contributed by atoms with Gasteiger partial charge in [-0.05, 0) is 35.4 Å². The van der Waals surface area contributed by atoms with Gasteiger partial charge in [0.2, 0.25) is 0 Å². The second kappa shape index (κ2) is 9.39. The van der Waals surface area contributed by atoms with Crippen LogP contribution in [0.1, 0.15) is 0 Å². The van der Waals surface area contributed by atoms with Crippen LogP contribution in [-0.2, 0) is 9.59 Å². The zero-order valence-electron chi connectivity index (χ0n) is 20.6. The number of rotatable bonds is 3. The summed E-state index contributed by atoms with van der Waals surface area (Å²) in [4.78, 5) is 27.1. The van der Waals surface area contributed by atoms with Gasteiger partial charge in [-0.1, -0.05) is 71.7 Å². The Bertz CT molecular complexity index is 1510. The molecule has 38 heavy (non-hydrogen) atoms. The average molecular weight is 545 g/mol. The second-order valence-electron chi connectivity index (χ2n) is 9.18. The van der Waals surface area contributed by atoms with E-state index in [0.717, 1.165) is 44.8 Å². The molecule has 2 heterocycles. The molecule has 0 spiro atoms. The smallest absolute Gasteiger partial charge is 0.264 e. The number of nitrogens with zero attached hydrogens (tertiary/aromatic N) is 2. The van der Waals surface area contributed by atoms with Crippen LogP contribution in [0.2, 0.25) is 10.0 Å². The molecule has 0 saturated heterocycles. The van der Waals surface area contributed by atoms with E-state index in [4.69, 9.17) is 32.7 Å². The minimum atomic E-state index is -0.0919. The predicted molar refractivity (Wildman–Crippen MR) is 151 cm³/mol. The first-order chi connectivity index (χ1) is 18.3. The van der Waals surface area contributed by atoms with Crippen molar-refractivity contribution in [1.29, 1.82) is 0 Å². The highest BCUT2D eigenvalue weighted by Gasteiger charge is 2.25. The Morgan fingerprint density at radius 3 is 1.42 bits per heavy atom. The molecule has 0 bridgehead atoms. The standard InChI is InChI=1S/C30H22Cl2N2O4/c1-33-23-11-9-17(13-25(23)37-15-27(33)35)19-5-3-7-21(29(19)31)22-8-4-6-20(30(22)32)18-10-12-24-26(14-18)38-16-28(36)34(24)2/h3-14H,15-16H2,1-2H3. The van der Waals surface area contributed by atoms with Crippen molar-refractivity contribution in [2.24, 2.45) is 0 Å². The summed E-state index contributed by atoms with van der Waals surface area (Å²) in [5.41, 5.74) is 6.42. The number of anilines is 2. The predicted octanol–water partition coefficient (Wildman–Crippen LogP) is 6.70. The van der Waals surface area contributed by atoms with E-state index in [1.54, 1.807) is 23.9 Å². The van der Waals surface area contributed by atoms with Gasteiger partial charge in [-0.15, -0.1) is 0 Å². The summed E-state index contributed by atoms with van der Waals surface area (Å²) < 4.78 is 11.3. The van der Waals surface area contributed by atoms with E-state index in [1.165, 1.54) is 0 Å². The fourth-order valence-electron chi connectivity index (χ4n) is 4.82. The zero-order chi connectivity index (χ0) is 26.6. The SMILES string of the molecule is CN1C(=O)COc2cc(-c3cccc(-c4cccc(-c5ccc6c(c5)OCC(=O)N6C)c4Cl)c3Cl)ccc21. The first-order valence-corrected chi connectivity index (χ1v) is 12.7. The topological polar surface area (TPSA) is 59.1 Å². The van der Waals surface area contributed by atoms with Crippen LogP contribution in [0.3, 0.4) is 0 Å². The van der Waals surface area contributed by atoms with E-state index < -0.39 is 0 Å². The maximum atomic E-state index is 12.0. The highest BCUT2D eigenvalue weighted by molar-refractivity contribution is 6.39. The Balaban J connectivity index is 1.40. The van der Waals surface area contributed by atoms with Crippen LogP contribution >= 0.6 is 23.2 Å². The van der Waals surface area contributed by atoms with Crippen molar-refractivity contribution >= 4 is 46.4 Å². The molecule has 0 N–H and O–H groups in total. The lowest BCUT2D eigenvalue weighted by Crippen LogP contribution is -2.35. The minimum absolute atomic E-state index is 0.00343. The van der Waals surface area contributed by atoms with Crippen LogP contribution in [0.4, 0.5) is 11.4 Å². The number of fused-ring (bicyclic) bond motifs is 2. The number of hydrogen-bond acceptors (Lipinski definition) is 4. The summed E-state index contributed by atoms with van der Waals surface area (Å²) in [5.74, 6) is 1.08. The molecule has 6 rings (SSSR count). The fraction of sp³-hybridized carbons (Fsp3) is 0.133. The summed E-state index contributed by atoms with van der Waals surface area (Å²) >= 11 is 14.0. The maximum Gasteiger partial charge on any atom is 0.264 e. The van der Waals surface area contributed by atoms with Crippen molar-refractivity contribution in [3.05, 3.63) is 82.8 Å². The summed E-state index contributed by atoms with van der Waals surface area (Å²) in [6.07, 6.45) is 0. The van der Waals surface area contributed by atoms with E-state index >= 15 is 0 Å². The molecule has 0 unspecified atom stereocenters. The van der Waals surface area contributed by atoms with Gasteiger partial charge in [-0.3, -0.25) is 9.59 Å². The minimum Gasteiger partial charge on any atom is -0.482 e. The number of amides is 2. The van der Waals surface area contributed by atoms with Crippen molar-refractivity contribution < 1.29 is 19.1 Å². The molecule has 0 saturated carbocycles. The molecule has 4 aromatic rings. The molecule has 2 amide bonds. The molecule has 6 nitrogen and oxygen atoms in total. The van der Waals surface area contributed by atoms with Crippen LogP contribution in [0, 0.1) is 0 Å². The van der Waals surface area contributed by atoms with E-state index in [2.05, 4.69) is 0 Å². The largest absolute Gasteiger partial charge is 0.482 e. The van der Waals surface area contributed by atoms with Crippen LogP contribution in [-0.4, -0.2) is 39.1 Å². The average Bonchev–Trinajstić information content (AvgIpc) is 2.93. The van der Waals surface area contributed by atoms with Crippen LogP contribution in [0.25, 0.3) is 33.4 Å². The Morgan fingerprint density at radius 2 is 1.00 bits per heavy atom. The lowest BCUT2D eigenvalue weighted by Gasteiger charge is -2.26. The maximum absolute atomic E-state index is 12.0. The van der Waals surface area contributed by atoms with Crippen molar-refractivity contribution in [2.45, 2.75) is 0 Å². The Hall–Kier alpha value is -4.00. The molecule has 0 radical (unpaired) electrons. The number of carbonyl (C=O) groups excluding carboxylic acids is 2. The molecular weight excluding hydrogens is 523 g/mol. The van der Waals surface area contributed by atoms with Gasteiger partial charge in [0.1, 0.15) is 11.5 Å². The molecule has 190 valence electrons. The molecule has 4 aromatic carbocycles. The third-order valence-electron chi connectivity index (χ3n) is 7.00. The quantitative estimate of drug-likeness (QED) is 0.287. The number of halogens is 2. The Morgan fingerprint density at radius 1 is 0.605 bits per heavy atom. The van der Waals surface area contributed by atoms with E-state index in [-0.39, 0.29) is 25.0 Å². The summed E-state index contributed by atoms with van der Waals surface area (Å²) in [6, 6.07) is 23.0. The van der Waals surface area contributed by atoms with Crippen molar-refractivity contribution in [3.8, 4) is 44.9 Å². The van der Waals surface area contributed by atoms with Gasteiger partial charge in [0.25, 0.3) is 11.8 Å². The van der Waals surface area contributed by atoms with E-state index in [1.807, 2.05) is 72.8 Å². The van der Waals surface area contributed by atoms with Gasteiger partial charge in [-0.25, -0.2) is 0 Å². The van der Waals surface area contributed by atoms with Crippen LogP contribution in [0.5, 0.6) is 11.5 Å². The van der Waals surface area contributed by atoms with E-state index in [9.17, 15) is 9.59 Å². The lowest BCUT2D eigenvalue weighted by atomic mass is 9.95. The molecule has 8 heteroatoms. The molecule has 0 aromatic heterocycles. The van der Waals surface area contributed by atoms with Gasteiger partial charge in [0.15, 0.2) is 13.2 Å². The van der Waals surface area contributed by atoms with Gasteiger partial charge >= 0.3 is 0 Å². The molecule has 2 aliphatic heterocycles. The molecule has 2 aliphatic rings. The van der Waals surface area contributed by atoms with Gasteiger partial charge in [0, 0.05) is 36.3 Å². The molecule has 0 fully saturated rings. The van der Waals surface area contributed by atoms with Gasteiger partial charge in [-0.2, -0.15) is 0 Å². The van der Waals surface area contributed by atoms with Crippen molar-refractivity contribution in [3.63, 3.8) is 0 Å². The van der Waals surface area contributed by atoms with Gasteiger partial charge in [0.05, 0.1) is 21.4 Å². The van der Waals surface area contributed by atoms with Gasteiger partial charge < -0.3 is 19.3 Å². The van der Waals surface area contributed by atoms with Crippen LogP contribution < -0.4 is 19.3 Å². The third-order valence-corrected chi connectivity index (χ3v) is 7.82. The molecule has 0 atom stereocenters. The van der Waals surface area contributed by atoms with E-state index in [0.29, 0.717) is 21.5 Å². The normalized spacial score (nSPS) is 14.5. The highest BCUT2D eigenvalue weighted by Crippen LogP contribution is 2.45. The Labute approximate surface area is 229 Å². The Kier molecular flexibility index (Phi) is 6.01. The fourth-order valence-corrected chi connectivity index (χ4v) is 5.49. The number of carbonyl (C=O) groups is 2. The second-order valence-corrected chi connectivity index (χ2v) is 9.94. The summed E-state index contributed by atoms with van der Waals surface area (Å²) in [6.45, 7) is 0.00685. The summed E-state index contributed by atoms with van der Waals surface area (Å²) in [5, 5.41) is 1.11. The monoisotopic (exact) mass is 544 g/mol. The number of benzene rings is 4. The van der Waals surface area contributed by atoms with Crippen molar-refractivity contribution in [2.75, 3.05) is 37.1 Å². The number of likely N-dealkylation sites (N-methyl/N-ethyl adjacent to an activating group) is 2. The first kappa shape index (κ1) is 24.3. The number of ether oxygens (including phenoxy) is 2. The van der Waals surface area contributed by atoms with Crippen LogP contribution in [0.15, 0.2) is 72.8 Å². The molecule has 0 aliphatic carbocycles. The first-order valence-electron chi connectivity index (χ1n) is 12.0. The number of hydrogen-bond donors (Lipinski definition) is 0.